The second-order valence-electron chi connectivity index (χ2n) is 7.28. The molecule has 2 aliphatic rings. The fourth-order valence-electron chi connectivity index (χ4n) is 4.14. The summed E-state index contributed by atoms with van der Waals surface area (Å²) in [7, 11) is 0. The molecule has 1 N–H and O–H groups in total. The molecule has 3 unspecified atom stereocenters. The zero-order valence-electron chi connectivity index (χ0n) is 14.0. The van der Waals surface area contributed by atoms with E-state index in [4.69, 9.17) is 4.74 Å². The highest BCUT2D eigenvalue weighted by Crippen LogP contribution is 2.33. The van der Waals surface area contributed by atoms with Crippen LogP contribution in [0.5, 0.6) is 0 Å². The van der Waals surface area contributed by atoms with Crippen molar-refractivity contribution in [1.82, 2.24) is 10.2 Å². The molecule has 3 atom stereocenters. The Kier molecular flexibility index (Phi) is 5.88. The minimum Gasteiger partial charge on any atom is -0.373 e. The highest BCUT2D eigenvalue weighted by molar-refractivity contribution is 4.94. The van der Waals surface area contributed by atoms with E-state index in [-0.39, 0.29) is 5.60 Å². The number of morpholine rings is 1. The van der Waals surface area contributed by atoms with Gasteiger partial charge in [-0.05, 0) is 45.6 Å². The van der Waals surface area contributed by atoms with E-state index in [1.165, 1.54) is 32.1 Å². The number of nitrogens with one attached hydrogen (secondary N) is 1. The third kappa shape index (κ3) is 4.19. The first-order valence-electron chi connectivity index (χ1n) is 8.67. The lowest BCUT2D eigenvalue weighted by Crippen LogP contribution is -2.59. The number of hydrogen-bond acceptors (Lipinski definition) is 3. The smallest absolute Gasteiger partial charge is 0.0753 e. The number of nitrogens with zero attached hydrogens (tertiary/aromatic N) is 1. The van der Waals surface area contributed by atoms with Gasteiger partial charge in [0.1, 0.15) is 0 Å². The highest BCUT2D eigenvalue weighted by Gasteiger charge is 2.38. The minimum atomic E-state index is 0.0206. The van der Waals surface area contributed by atoms with Crippen LogP contribution in [0.15, 0.2) is 0 Å². The summed E-state index contributed by atoms with van der Waals surface area (Å²) in [6, 6.07) is 1.39. The Bertz CT molecular complexity index is 293. The lowest BCUT2D eigenvalue weighted by atomic mass is 9.79. The molecule has 0 spiro atoms. The summed E-state index contributed by atoms with van der Waals surface area (Å²) in [5.41, 5.74) is 0.0206. The third-order valence-corrected chi connectivity index (χ3v) is 5.01. The van der Waals surface area contributed by atoms with Crippen LogP contribution in [0, 0.1) is 5.92 Å². The predicted molar refractivity (Wildman–Crippen MR) is 85.1 cm³/mol. The standard InChI is InChI=1S/C17H34N2O/c1-5-7-14-8-9-15(18-6-2)16(12-14)19-10-11-20-17(3,4)13-19/h14-16,18H,5-13H2,1-4H3. The van der Waals surface area contributed by atoms with E-state index in [2.05, 4.69) is 37.9 Å². The minimum absolute atomic E-state index is 0.0206. The molecule has 0 amide bonds. The van der Waals surface area contributed by atoms with Crippen molar-refractivity contribution in [3.8, 4) is 0 Å². The molecule has 3 nitrogen and oxygen atoms in total. The van der Waals surface area contributed by atoms with Crippen molar-refractivity contribution in [1.29, 1.82) is 0 Å². The molecule has 118 valence electrons. The van der Waals surface area contributed by atoms with Crippen molar-refractivity contribution in [3.63, 3.8) is 0 Å². The highest BCUT2D eigenvalue weighted by atomic mass is 16.5. The second-order valence-corrected chi connectivity index (χ2v) is 7.28. The van der Waals surface area contributed by atoms with Gasteiger partial charge in [0.15, 0.2) is 0 Å². The maximum atomic E-state index is 5.89. The maximum absolute atomic E-state index is 5.89. The lowest BCUT2D eigenvalue weighted by molar-refractivity contribution is -0.106. The first-order chi connectivity index (χ1) is 9.55. The van der Waals surface area contributed by atoms with Gasteiger partial charge in [-0.15, -0.1) is 0 Å². The fraction of sp³-hybridized carbons (Fsp3) is 1.00. The lowest BCUT2D eigenvalue weighted by Gasteiger charge is -2.48. The van der Waals surface area contributed by atoms with Crippen LogP contribution >= 0.6 is 0 Å². The summed E-state index contributed by atoms with van der Waals surface area (Å²) in [5, 5.41) is 3.74. The van der Waals surface area contributed by atoms with E-state index in [0.717, 1.165) is 32.2 Å². The van der Waals surface area contributed by atoms with Gasteiger partial charge in [-0.2, -0.15) is 0 Å². The topological polar surface area (TPSA) is 24.5 Å². The summed E-state index contributed by atoms with van der Waals surface area (Å²) in [4.78, 5) is 2.71. The number of rotatable bonds is 5. The molecule has 1 saturated heterocycles. The Morgan fingerprint density at radius 3 is 2.70 bits per heavy atom. The molecular formula is C17H34N2O. The molecule has 20 heavy (non-hydrogen) atoms. The molecule has 0 aromatic rings. The molecule has 0 aromatic heterocycles. The van der Waals surface area contributed by atoms with Crippen molar-refractivity contribution < 1.29 is 4.74 Å². The van der Waals surface area contributed by atoms with Crippen LogP contribution in [0.4, 0.5) is 0 Å². The molecule has 3 heteroatoms. The Hall–Kier alpha value is -0.120. The van der Waals surface area contributed by atoms with Gasteiger partial charge in [0.05, 0.1) is 12.2 Å². The number of hydrogen-bond donors (Lipinski definition) is 1. The molecule has 1 aliphatic heterocycles. The Morgan fingerprint density at radius 2 is 2.05 bits per heavy atom. The Balaban J connectivity index is 2.02. The summed E-state index contributed by atoms with van der Waals surface area (Å²) >= 11 is 0. The third-order valence-electron chi connectivity index (χ3n) is 5.01. The maximum Gasteiger partial charge on any atom is 0.0753 e. The summed E-state index contributed by atoms with van der Waals surface area (Å²) in [5.74, 6) is 0.936. The van der Waals surface area contributed by atoms with Crippen LogP contribution in [0.1, 0.15) is 59.8 Å². The van der Waals surface area contributed by atoms with E-state index in [9.17, 15) is 0 Å². The molecule has 1 saturated carbocycles. The van der Waals surface area contributed by atoms with Crippen LogP contribution in [0.2, 0.25) is 0 Å². The quantitative estimate of drug-likeness (QED) is 0.839. The summed E-state index contributed by atoms with van der Waals surface area (Å²) < 4.78 is 5.89. The zero-order valence-corrected chi connectivity index (χ0v) is 14.0. The molecule has 0 radical (unpaired) electrons. The van der Waals surface area contributed by atoms with Crippen LogP contribution in [0.3, 0.4) is 0 Å². The number of likely N-dealkylation sites (N-methyl/N-ethyl adjacent to an activating group) is 1. The van der Waals surface area contributed by atoms with Crippen LogP contribution < -0.4 is 5.32 Å². The van der Waals surface area contributed by atoms with E-state index < -0.39 is 0 Å². The molecule has 2 rings (SSSR count). The first kappa shape index (κ1) is 16.3. The monoisotopic (exact) mass is 282 g/mol. The SMILES string of the molecule is CCCC1CCC(NCC)C(N2CCOC(C)(C)C2)C1. The second kappa shape index (κ2) is 7.24. The molecular weight excluding hydrogens is 248 g/mol. The van der Waals surface area contributed by atoms with Gasteiger partial charge in [-0.3, -0.25) is 4.90 Å². The van der Waals surface area contributed by atoms with Crippen molar-refractivity contribution in [3.05, 3.63) is 0 Å². The van der Waals surface area contributed by atoms with E-state index in [0.29, 0.717) is 12.1 Å². The van der Waals surface area contributed by atoms with Gasteiger partial charge in [0.25, 0.3) is 0 Å². The van der Waals surface area contributed by atoms with Crippen molar-refractivity contribution >= 4 is 0 Å². The molecule has 1 heterocycles. The van der Waals surface area contributed by atoms with Crippen LogP contribution in [-0.2, 0) is 4.74 Å². The van der Waals surface area contributed by atoms with E-state index >= 15 is 0 Å². The molecule has 2 fully saturated rings. The van der Waals surface area contributed by atoms with Gasteiger partial charge in [0, 0.05) is 25.2 Å². The van der Waals surface area contributed by atoms with E-state index in [1.54, 1.807) is 0 Å². The molecule has 1 aliphatic carbocycles. The fourth-order valence-corrected chi connectivity index (χ4v) is 4.14. The summed E-state index contributed by atoms with van der Waals surface area (Å²) in [6.07, 6.45) is 6.87. The van der Waals surface area contributed by atoms with E-state index in [1.807, 2.05) is 0 Å². The van der Waals surface area contributed by atoms with Crippen molar-refractivity contribution in [2.45, 2.75) is 77.5 Å². The average molecular weight is 282 g/mol. The number of ether oxygens (including phenoxy) is 1. The summed E-state index contributed by atoms with van der Waals surface area (Å²) in [6.45, 7) is 13.2. The first-order valence-corrected chi connectivity index (χ1v) is 8.67. The Morgan fingerprint density at radius 1 is 1.25 bits per heavy atom. The van der Waals surface area contributed by atoms with Crippen LogP contribution in [-0.4, -0.2) is 48.8 Å². The molecule has 0 bridgehead atoms. The van der Waals surface area contributed by atoms with Gasteiger partial charge >= 0.3 is 0 Å². The average Bonchev–Trinajstić information content (AvgIpc) is 2.40. The largest absolute Gasteiger partial charge is 0.373 e. The normalized spacial score (nSPS) is 35.1. The zero-order chi connectivity index (χ0) is 14.6. The van der Waals surface area contributed by atoms with Gasteiger partial charge in [-0.1, -0.05) is 26.7 Å². The van der Waals surface area contributed by atoms with Gasteiger partial charge in [0.2, 0.25) is 0 Å². The van der Waals surface area contributed by atoms with Crippen molar-refractivity contribution in [2.75, 3.05) is 26.2 Å². The van der Waals surface area contributed by atoms with Crippen molar-refractivity contribution in [2.24, 2.45) is 5.92 Å². The van der Waals surface area contributed by atoms with Gasteiger partial charge in [-0.25, -0.2) is 0 Å². The van der Waals surface area contributed by atoms with Crippen LogP contribution in [0.25, 0.3) is 0 Å². The predicted octanol–water partition coefficient (Wildman–Crippen LogP) is 3.04. The Labute approximate surface area is 125 Å². The molecule has 0 aromatic carbocycles. The van der Waals surface area contributed by atoms with Gasteiger partial charge < -0.3 is 10.1 Å².